The summed E-state index contributed by atoms with van der Waals surface area (Å²) in [5.74, 6) is 1.24. The Morgan fingerprint density at radius 2 is 1.90 bits per heavy atom. The predicted molar refractivity (Wildman–Crippen MR) is 81.2 cm³/mol. The second kappa shape index (κ2) is 5.48. The van der Waals surface area contributed by atoms with Gasteiger partial charge >= 0.3 is 0 Å². The van der Waals surface area contributed by atoms with E-state index in [-0.39, 0.29) is 12.0 Å². The third-order valence-corrected chi connectivity index (χ3v) is 3.51. The first-order valence-electron chi connectivity index (χ1n) is 6.91. The highest BCUT2D eigenvalue weighted by Gasteiger charge is 2.29. The van der Waals surface area contributed by atoms with Crippen LogP contribution < -0.4 is 14.4 Å². The highest BCUT2D eigenvalue weighted by atomic mass is 16.5. The molecule has 0 bridgehead atoms. The monoisotopic (exact) mass is 283 g/mol. The standard InChI is InChI=1S/C17H17NO3/c1-12-11-18(14-8-4-6-10-16(14)21-12)17(19)13-7-3-5-9-15(13)20-2/h3-10,12H,11H2,1-2H3. The highest BCUT2D eigenvalue weighted by molar-refractivity contribution is 6.08. The van der Waals surface area contributed by atoms with Gasteiger partial charge in [0.15, 0.2) is 0 Å². The summed E-state index contributed by atoms with van der Waals surface area (Å²) in [4.78, 5) is 14.6. The first kappa shape index (κ1) is 13.5. The second-order valence-electron chi connectivity index (χ2n) is 5.01. The van der Waals surface area contributed by atoms with Crippen LogP contribution in [0.2, 0.25) is 0 Å². The number of fused-ring (bicyclic) bond motifs is 1. The van der Waals surface area contributed by atoms with Crippen molar-refractivity contribution in [1.82, 2.24) is 0 Å². The van der Waals surface area contributed by atoms with Gasteiger partial charge in [0.1, 0.15) is 17.6 Å². The van der Waals surface area contributed by atoms with E-state index in [0.29, 0.717) is 17.9 Å². The number of methoxy groups -OCH3 is 1. The molecule has 0 N–H and O–H groups in total. The van der Waals surface area contributed by atoms with Gasteiger partial charge in [-0.2, -0.15) is 0 Å². The van der Waals surface area contributed by atoms with Gasteiger partial charge in [-0.1, -0.05) is 24.3 Å². The number of benzene rings is 2. The SMILES string of the molecule is COc1ccccc1C(=O)N1CC(C)Oc2ccccc21. The average molecular weight is 283 g/mol. The number of hydrogen-bond acceptors (Lipinski definition) is 3. The Labute approximate surface area is 123 Å². The fraction of sp³-hybridized carbons (Fsp3) is 0.235. The Morgan fingerprint density at radius 3 is 2.71 bits per heavy atom. The van der Waals surface area contributed by atoms with Gasteiger partial charge in [-0.15, -0.1) is 0 Å². The average Bonchev–Trinajstić information content (AvgIpc) is 2.53. The summed E-state index contributed by atoms with van der Waals surface area (Å²) in [5, 5.41) is 0. The number of carbonyl (C=O) groups is 1. The van der Waals surface area contributed by atoms with Gasteiger partial charge in [-0.3, -0.25) is 4.79 Å². The fourth-order valence-corrected chi connectivity index (χ4v) is 2.55. The molecule has 4 heteroatoms. The van der Waals surface area contributed by atoms with Gasteiger partial charge in [0.05, 0.1) is 24.9 Å². The third-order valence-electron chi connectivity index (χ3n) is 3.51. The van der Waals surface area contributed by atoms with Crippen LogP contribution in [0, 0.1) is 0 Å². The molecule has 0 saturated heterocycles. The van der Waals surface area contributed by atoms with Crippen molar-refractivity contribution in [1.29, 1.82) is 0 Å². The maximum atomic E-state index is 12.9. The maximum Gasteiger partial charge on any atom is 0.262 e. The quantitative estimate of drug-likeness (QED) is 0.850. The third kappa shape index (κ3) is 2.44. The van der Waals surface area contributed by atoms with E-state index in [0.717, 1.165) is 11.4 Å². The van der Waals surface area contributed by atoms with E-state index < -0.39 is 0 Å². The number of hydrogen-bond donors (Lipinski definition) is 0. The summed E-state index contributed by atoms with van der Waals surface area (Å²) in [7, 11) is 1.57. The lowest BCUT2D eigenvalue weighted by molar-refractivity contribution is 0.0958. The molecular weight excluding hydrogens is 266 g/mol. The van der Waals surface area contributed by atoms with Crippen LogP contribution in [0.25, 0.3) is 0 Å². The number of para-hydroxylation sites is 3. The number of ether oxygens (including phenoxy) is 2. The zero-order valence-electron chi connectivity index (χ0n) is 12.1. The number of anilines is 1. The normalized spacial score (nSPS) is 16.9. The van der Waals surface area contributed by atoms with Gasteiger partial charge in [0.25, 0.3) is 5.91 Å². The number of rotatable bonds is 2. The molecule has 0 fully saturated rings. The summed E-state index contributed by atoms with van der Waals surface area (Å²) >= 11 is 0. The molecule has 4 nitrogen and oxygen atoms in total. The van der Waals surface area contributed by atoms with E-state index in [9.17, 15) is 4.79 Å². The van der Waals surface area contributed by atoms with Crippen molar-refractivity contribution in [2.45, 2.75) is 13.0 Å². The van der Waals surface area contributed by atoms with Crippen LogP contribution >= 0.6 is 0 Å². The predicted octanol–water partition coefficient (Wildman–Crippen LogP) is 3.12. The van der Waals surface area contributed by atoms with Crippen molar-refractivity contribution in [3.05, 3.63) is 54.1 Å². The molecule has 1 aliphatic rings. The van der Waals surface area contributed by atoms with Gasteiger partial charge < -0.3 is 14.4 Å². The van der Waals surface area contributed by atoms with Crippen LogP contribution in [0.4, 0.5) is 5.69 Å². The zero-order valence-corrected chi connectivity index (χ0v) is 12.1. The van der Waals surface area contributed by atoms with Gasteiger partial charge in [0, 0.05) is 0 Å². The van der Waals surface area contributed by atoms with Crippen molar-refractivity contribution >= 4 is 11.6 Å². The first-order valence-corrected chi connectivity index (χ1v) is 6.91. The Kier molecular flexibility index (Phi) is 3.52. The van der Waals surface area contributed by atoms with E-state index in [4.69, 9.17) is 9.47 Å². The highest BCUT2D eigenvalue weighted by Crippen LogP contribution is 2.34. The molecule has 21 heavy (non-hydrogen) atoms. The smallest absolute Gasteiger partial charge is 0.262 e. The van der Waals surface area contributed by atoms with Crippen molar-refractivity contribution in [3.8, 4) is 11.5 Å². The number of carbonyl (C=O) groups excluding carboxylic acids is 1. The molecule has 0 saturated carbocycles. The van der Waals surface area contributed by atoms with Gasteiger partial charge in [0.2, 0.25) is 0 Å². The molecular formula is C17H17NO3. The van der Waals surface area contributed by atoms with Gasteiger partial charge in [-0.25, -0.2) is 0 Å². The molecule has 2 aromatic rings. The Morgan fingerprint density at radius 1 is 1.19 bits per heavy atom. The van der Waals surface area contributed by atoms with Crippen LogP contribution in [0.3, 0.4) is 0 Å². The van der Waals surface area contributed by atoms with E-state index in [1.807, 2.05) is 43.3 Å². The van der Waals surface area contributed by atoms with Crippen LogP contribution in [0.5, 0.6) is 11.5 Å². The van der Waals surface area contributed by atoms with Crippen molar-refractivity contribution < 1.29 is 14.3 Å². The second-order valence-corrected chi connectivity index (χ2v) is 5.01. The summed E-state index contributed by atoms with van der Waals surface area (Å²) in [6, 6.07) is 14.9. The first-order chi connectivity index (χ1) is 10.2. The van der Waals surface area contributed by atoms with E-state index in [1.165, 1.54) is 0 Å². The minimum Gasteiger partial charge on any atom is -0.496 e. The van der Waals surface area contributed by atoms with Gasteiger partial charge in [-0.05, 0) is 31.2 Å². The molecule has 108 valence electrons. The lowest BCUT2D eigenvalue weighted by atomic mass is 10.1. The molecule has 1 unspecified atom stereocenters. The molecule has 2 aromatic carbocycles. The summed E-state index contributed by atoms with van der Waals surface area (Å²) in [5.41, 5.74) is 1.36. The topological polar surface area (TPSA) is 38.8 Å². The molecule has 1 heterocycles. The van der Waals surface area contributed by atoms with Crippen molar-refractivity contribution in [2.24, 2.45) is 0 Å². The van der Waals surface area contributed by atoms with E-state index >= 15 is 0 Å². The zero-order chi connectivity index (χ0) is 14.8. The minimum atomic E-state index is -0.0740. The summed E-state index contributed by atoms with van der Waals surface area (Å²) in [6.07, 6.45) is -0.0430. The summed E-state index contributed by atoms with van der Waals surface area (Å²) < 4.78 is 11.1. The van der Waals surface area contributed by atoms with E-state index in [2.05, 4.69) is 0 Å². The molecule has 0 aromatic heterocycles. The molecule has 0 radical (unpaired) electrons. The molecule has 1 amide bonds. The Bertz CT molecular complexity index is 669. The number of amides is 1. The number of nitrogens with zero attached hydrogens (tertiary/aromatic N) is 1. The molecule has 1 atom stereocenters. The lowest BCUT2D eigenvalue weighted by Gasteiger charge is -2.33. The van der Waals surface area contributed by atoms with Crippen LogP contribution in [-0.2, 0) is 0 Å². The summed E-state index contributed by atoms with van der Waals surface area (Å²) in [6.45, 7) is 2.48. The Balaban J connectivity index is 2.02. The molecule has 0 spiro atoms. The van der Waals surface area contributed by atoms with Crippen LogP contribution in [0.1, 0.15) is 17.3 Å². The maximum absolute atomic E-state index is 12.9. The molecule has 1 aliphatic heterocycles. The fourth-order valence-electron chi connectivity index (χ4n) is 2.55. The van der Waals surface area contributed by atoms with Crippen molar-refractivity contribution in [2.75, 3.05) is 18.6 Å². The van der Waals surface area contributed by atoms with Crippen molar-refractivity contribution in [3.63, 3.8) is 0 Å². The lowest BCUT2D eigenvalue weighted by Crippen LogP contribution is -2.42. The largest absolute Gasteiger partial charge is 0.496 e. The van der Waals surface area contributed by atoms with Crippen LogP contribution in [-0.4, -0.2) is 25.7 Å². The van der Waals surface area contributed by atoms with Crippen LogP contribution in [0.15, 0.2) is 48.5 Å². The Hall–Kier alpha value is -2.49. The molecule has 3 rings (SSSR count). The van der Waals surface area contributed by atoms with E-state index in [1.54, 1.807) is 24.1 Å². The molecule has 0 aliphatic carbocycles. The minimum absolute atomic E-state index is 0.0430.